The number of hydrogen-bond acceptors (Lipinski definition) is 3. The molecule has 0 saturated carbocycles. The van der Waals surface area contributed by atoms with Gasteiger partial charge in [-0.3, -0.25) is 0 Å². The lowest BCUT2D eigenvalue weighted by Gasteiger charge is -2.32. The quantitative estimate of drug-likeness (QED) is 0.869. The van der Waals surface area contributed by atoms with Crippen LogP contribution in [-0.4, -0.2) is 30.0 Å². The van der Waals surface area contributed by atoms with Gasteiger partial charge in [0.05, 0.1) is 17.8 Å². The van der Waals surface area contributed by atoms with Crippen molar-refractivity contribution in [2.75, 3.05) is 6.61 Å². The third-order valence-corrected chi connectivity index (χ3v) is 4.17. The predicted octanol–water partition coefficient (Wildman–Crippen LogP) is 3.35. The summed E-state index contributed by atoms with van der Waals surface area (Å²) in [6.07, 6.45) is 1.86. The van der Waals surface area contributed by atoms with Crippen LogP contribution in [0.15, 0.2) is 29.7 Å². The van der Waals surface area contributed by atoms with Gasteiger partial charge in [-0.15, -0.1) is 0 Å². The van der Waals surface area contributed by atoms with E-state index in [9.17, 15) is 5.11 Å². The van der Waals surface area contributed by atoms with Crippen molar-refractivity contribution in [2.45, 2.75) is 38.9 Å². The molecule has 108 valence electrons. The van der Waals surface area contributed by atoms with Crippen LogP contribution in [0.5, 0.6) is 0 Å². The highest BCUT2D eigenvalue weighted by molar-refractivity contribution is 6.55. The maximum atomic E-state index is 9.60. The Morgan fingerprint density at radius 1 is 1.25 bits per heavy atom. The fourth-order valence-electron chi connectivity index (χ4n) is 1.99. The summed E-state index contributed by atoms with van der Waals surface area (Å²) >= 11 is 5.97. The molecule has 3 nitrogen and oxygen atoms in total. The summed E-state index contributed by atoms with van der Waals surface area (Å²) in [5.41, 5.74) is 0.766. The molecular weight excluding hydrogens is 274 g/mol. The van der Waals surface area contributed by atoms with E-state index in [1.54, 1.807) is 0 Å². The second-order valence-electron chi connectivity index (χ2n) is 6.02. The summed E-state index contributed by atoms with van der Waals surface area (Å²) in [7, 11) is -0.538. The lowest BCUT2D eigenvalue weighted by molar-refractivity contribution is 0.00578. The van der Waals surface area contributed by atoms with Crippen molar-refractivity contribution in [1.82, 2.24) is 0 Å². The van der Waals surface area contributed by atoms with Crippen LogP contribution in [0.3, 0.4) is 0 Å². The van der Waals surface area contributed by atoms with Crippen LogP contribution < -0.4 is 0 Å². The molecule has 0 aliphatic carbocycles. The Kier molecular flexibility index (Phi) is 4.31. The zero-order valence-electron chi connectivity index (χ0n) is 12.3. The van der Waals surface area contributed by atoms with Crippen LogP contribution in [0.25, 0.3) is 6.08 Å². The molecule has 0 aromatic heterocycles. The van der Waals surface area contributed by atoms with Gasteiger partial charge in [-0.1, -0.05) is 29.8 Å². The lowest BCUT2D eigenvalue weighted by Crippen LogP contribution is -2.41. The van der Waals surface area contributed by atoms with Crippen LogP contribution in [0.4, 0.5) is 0 Å². The molecule has 0 atom stereocenters. The fourth-order valence-corrected chi connectivity index (χ4v) is 2.19. The SMILES string of the molecule is CC1(C)OB(C(=Cc2cccc(Cl)c2)CO)OC1(C)C. The number of rotatable bonds is 3. The predicted molar refractivity (Wildman–Crippen MR) is 82.6 cm³/mol. The molecule has 2 rings (SSSR count). The molecule has 1 fully saturated rings. The molecule has 5 heteroatoms. The van der Waals surface area contributed by atoms with E-state index in [1.165, 1.54) is 0 Å². The van der Waals surface area contributed by atoms with Gasteiger partial charge in [-0.05, 0) is 50.9 Å². The minimum atomic E-state index is -0.538. The molecule has 1 heterocycles. The van der Waals surface area contributed by atoms with Gasteiger partial charge in [-0.2, -0.15) is 0 Å². The zero-order chi connectivity index (χ0) is 15.0. The van der Waals surface area contributed by atoms with Crippen LogP contribution in [0, 0.1) is 0 Å². The molecule has 0 amide bonds. The zero-order valence-corrected chi connectivity index (χ0v) is 13.1. The first-order chi connectivity index (χ1) is 9.25. The fraction of sp³-hybridized carbons (Fsp3) is 0.467. The van der Waals surface area contributed by atoms with Gasteiger partial charge < -0.3 is 14.4 Å². The number of aliphatic hydroxyl groups is 1. The normalized spacial score (nSPS) is 21.3. The summed E-state index contributed by atoms with van der Waals surface area (Å²) in [6.45, 7) is 7.83. The molecular formula is C15H20BClO3. The van der Waals surface area contributed by atoms with Crippen molar-refractivity contribution in [3.63, 3.8) is 0 Å². The van der Waals surface area contributed by atoms with Gasteiger partial charge in [0.1, 0.15) is 0 Å². The highest BCUT2D eigenvalue weighted by Crippen LogP contribution is 2.38. The topological polar surface area (TPSA) is 38.7 Å². The molecule has 1 aromatic rings. The van der Waals surface area contributed by atoms with Gasteiger partial charge in [0.25, 0.3) is 0 Å². The van der Waals surface area contributed by atoms with Gasteiger partial charge >= 0.3 is 7.12 Å². The van der Waals surface area contributed by atoms with Crippen LogP contribution >= 0.6 is 11.6 Å². The Morgan fingerprint density at radius 3 is 2.35 bits per heavy atom. The van der Waals surface area contributed by atoms with Crippen molar-refractivity contribution in [3.8, 4) is 0 Å². The maximum absolute atomic E-state index is 9.60. The first kappa shape index (κ1) is 15.6. The molecule has 1 aromatic carbocycles. The van der Waals surface area contributed by atoms with Crippen molar-refractivity contribution < 1.29 is 14.4 Å². The Bertz CT molecular complexity index is 510. The summed E-state index contributed by atoms with van der Waals surface area (Å²) in [5, 5.41) is 10.3. The first-order valence-corrected chi connectivity index (χ1v) is 7.05. The molecule has 0 spiro atoms. The number of hydrogen-bond donors (Lipinski definition) is 1. The molecule has 1 N–H and O–H groups in total. The molecule has 0 unspecified atom stereocenters. The monoisotopic (exact) mass is 294 g/mol. The molecule has 0 bridgehead atoms. The molecule has 20 heavy (non-hydrogen) atoms. The van der Waals surface area contributed by atoms with Gasteiger partial charge in [0, 0.05) is 5.02 Å². The van der Waals surface area contributed by atoms with Crippen molar-refractivity contribution in [1.29, 1.82) is 0 Å². The van der Waals surface area contributed by atoms with E-state index in [-0.39, 0.29) is 6.61 Å². The van der Waals surface area contributed by atoms with E-state index in [4.69, 9.17) is 20.9 Å². The van der Waals surface area contributed by atoms with E-state index in [1.807, 2.05) is 58.0 Å². The van der Waals surface area contributed by atoms with Gasteiger partial charge in [0.15, 0.2) is 0 Å². The maximum Gasteiger partial charge on any atom is 0.492 e. The largest absolute Gasteiger partial charge is 0.492 e. The van der Waals surface area contributed by atoms with Gasteiger partial charge in [-0.25, -0.2) is 0 Å². The van der Waals surface area contributed by atoms with E-state index in [2.05, 4.69) is 0 Å². The average Bonchev–Trinajstić information content (AvgIpc) is 2.55. The van der Waals surface area contributed by atoms with Crippen molar-refractivity contribution in [2.24, 2.45) is 0 Å². The van der Waals surface area contributed by atoms with Crippen molar-refractivity contribution in [3.05, 3.63) is 40.3 Å². The lowest BCUT2D eigenvalue weighted by atomic mass is 9.77. The number of aliphatic hydroxyl groups excluding tert-OH is 1. The highest BCUT2D eigenvalue weighted by Gasteiger charge is 2.52. The summed E-state index contributed by atoms with van der Waals surface area (Å²) in [5.74, 6) is 0. The number of benzene rings is 1. The minimum Gasteiger partial charge on any atom is -0.400 e. The van der Waals surface area contributed by atoms with E-state index in [0.717, 1.165) is 5.56 Å². The van der Waals surface area contributed by atoms with Crippen LogP contribution in [0.1, 0.15) is 33.3 Å². The second-order valence-corrected chi connectivity index (χ2v) is 6.46. The average molecular weight is 295 g/mol. The first-order valence-electron chi connectivity index (χ1n) is 6.68. The van der Waals surface area contributed by atoms with Crippen LogP contribution in [-0.2, 0) is 9.31 Å². The Morgan fingerprint density at radius 2 is 1.85 bits per heavy atom. The summed E-state index contributed by atoms with van der Waals surface area (Å²) in [6, 6.07) is 7.44. The van der Waals surface area contributed by atoms with Crippen LogP contribution in [0.2, 0.25) is 5.02 Å². The standard InChI is InChI=1S/C15H20BClO3/c1-14(2)15(3,4)20-16(19-14)12(10-18)8-11-6-5-7-13(17)9-11/h5-9,18H,10H2,1-4H3. The molecule has 1 aliphatic rings. The third kappa shape index (κ3) is 3.09. The van der Waals surface area contributed by atoms with Gasteiger partial charge in [0.2, 0.25) is 0 Å². The van der Waals surface area contributed by atoms with Crippen molar-refractivity contribution >= 4 is 24.8 Å². The molecule has 1 aliphatic heterocycles. The van der Waals surface area contributed by atoms with E-state index >= 15 is 0 Å². The molecule has 1 saturated heterocycles. The third-order valence-electron chi connectivity index (χ3n) is 3.94. The van der Waals surface area contributed by atoms with E-state index < -0.39 is 18.3 Å². The summed E-state index contributed by atoms with van der Waals surface area (Å²) in [4.78, 5) is 0. The smallest absolute Gasteiger partial charge is 0.400 e. The summed E-state index contributed by atoms with van der Waals surface area (Å²) < 4.78 is 11.9. The minimum absolute atomic E-state index is 0.122. The number of halogens is 1. The Labute approximate surface area is 125 Å². The second kappa shape index (κ2) is 5.53. The molecule has 0 radical (unpaired) electrons. The highest BCUT2D eigenvalue weighted by atomic mass is 35.5. The Hall–Kier alpha value is -0.805. The van der Waals surface area contributed by atoms with E-state index in [0.29, 0.717) is 10.5 Å². The Balaban J connectivity index is 2.26.